The molecule has 0 atom stereocenters. The van der Waals surface area contributed by atoms with Crippen LogP contribution in [0.1, 0.15) is 26.4 Å². The Bertz CT molecular complexity index is 634. The van der Waals surface area contributed by atoms with Crippen molar-refractivity contribution in [2.45, 2.75) is 0 Å². The molecular weight excluding hydrogens is 240 g/mol. The Hall–Kier alpha value is -2.75. The second-order valence-electron chi connectivity index (χ2n) is 3.90. The zero-order valence-corrected chi connectivity index (χ0v) is 10.1. The van der Waals surface area contributed by atoms with Gasteiger partial charge in [0, 0.05) is 11.8 Å². The number of amides is 1. The van der Waals surface area contributed by atoms with Crippen LogP contribution in [0.25, 0.3) is 6.08 Å². The summed E-state index contributed by atoms with van der Waals surface area (Å²) >= 11 is 0. The van der Waals surface area contributed by atoms with Gasteiger partial charge in [0.2, 0.25) is 11.7 Å². The van der Waals surface area contributed by atoms with Crippen molar-refractivity contribution >= 4 is 17.8 Å². The Morgan fingerprint density at radius 1 is 1.11 bits per heavy atom. The highest BCUT2D eigenvalue weighted by molar-refractivity contribution is 6.05. The molecule has 1 aromatic carbocycles. The van der Waals surface area contributed by atoms with Crippen molar-refractivity contribution in [1.82, 2.24) is 4.98 Å². The van der Waals surface area contributed by atoms with Gasteiger partial charge >= 0.3 is 0 Å². The van der Waals surface area contributed by atoms with E-state index in [1.54, 1.807) is 54.7 Å². The van der Waals surface area contributed by atoms with Crippen LogP contribution in [0.5, 0.6) is 0 Å². The van der Waals surface area contributed by atoms with Gasteiger partial charge in [-0.1, -0.05) is 24.3 Å². The standard InChI is InChI=1S/C15H12N2O2/c16-15(19)12-5-3-4-11(10-12)7-8-14(18)13-6-1-2-9-17-13/h1-10H,(H2,16,19). The highest BCUT2D eigenvalue weighted by Crippen LogP contribution is 2.07. The number of hydrogen-bond acceptors (Lipinski definition) is 3. The fourth-order valence-corrected chi connectivity index (χ4v) is 1.56. The third kappa shape index (κ3) is 3.35. The van der Waals surface area contributed by atoms with E-state index in [0.717, 1.165) is 5.56 Å². The lowest BCUT2D eigenvalue weighted by molar-refractivity contribution is 0.0999. The Balaban J connectivity index is 2.17. The number of primary amides is 1. The number of allylic oxidation sites excluding steroid dienone is 1. The second-order valence-corrected chi connectivity index (χ2v) is 3.90. The maximum Gasteiger partial charge on any atom is 0.248 e. The largest absolute Gasteiger partial charge is 0.366 e. The number of hydrogen-bond donors (Lipinski definition) is 1. The minimum absolute atomic E-state index is 0.190. The van der Waals surface area contributed by atoms with Crippen LogP contribution in [0, 0.1) is 0 Å². The van der Waals surface area contributed by atoms with Gasteiger partial charge in [0.1, 0.15) is 5.69 Å². The average molecular weight is 252 g/mol. The summed E-state index contributed by atoms with van der Waals surface area (Å²) in [7, 11) is 0. The maximum absolute atomic E-state index is 11.8. The topological polar surface area (TPSA) is 73.1 Å². The van der Waals surface area contributed by atoms with Crippen molar-refractivity contribution < 1.29 is 9.59 Å². The lowest BCUT2D eigenvalue weighted by Crippen LogP contribution is -2.10. The Kier molecular flexibility index (Phi) is 3.83. The first kappa shape index (κ1) is 12.7. The van der Waals surface area contributed by atoms with Gasteiger partial charge in [-0.05, 0) is 35.9 Å². The molecule has 4 heteroatoms. The molecule has 94 valence electrons. The molecule has 0 bridgehead atoms. The number of benzene rings is 1. The normalized spacial score (nSPS) is 10.5. The smallest absolute Gasteiger partial charge is 0.248 e. The van der Waals surface area contributed by atoms with Crippen LogP contribution >= 0.6 is 0 Å². The van der Waals surface area contributed by atoms with Gasteiger partial charge in [-0.15, -0.1) is 0 Å². The number of aromatic nitrogens is 1. The predicted octanol–water partition coefficient (Wildman–Crippen LogP) is 2.08. The molecule has 1 aromatic heterocycles. The molecule has 2 aromatic rings. The number of ketones is 1. The van der Waals surface area contributed by atoms with Gasteiger partial charge in [0.15, 0.2) is 0 Å². The number of nitrogens with zero attached hydrogens (tertiary/aromatic N) is 1. The molecule has 0 aliphatic carbocycles. The van der Waals surface area contributed by atoms with Crippen LogP contribution in [-0.2, 0) is 0 Å². The van der Waals surface area contributed by atoms with Crippen molar-refractivity contribution in [3.8, 4) is 0 Å². The van der Waals surface area contributed by atoms with Crippen LogP contribution in [0.4, 0.5) is 0 Å². The van der Waals surface area contributed by atoms with E-state index in [1.807, 2.05) is 0 Å². The summed E-state index contributed by atoms with van der Waals surface area (Å²) in [5.74, 6) is -0.684. The molecule has 2 rings (SSSR count). The highest BCUT2D eigenvalue weighted by atomic mass is 16.1. The third-order valence-corrected chi connectivity index (χ3v) is 2.52. The summed E-state index contributed by atoms with van der Waals surface area (Å²) < 4.78 is 0. The molecule has 0 spiro atoms. The van der Waals surface area contributed by atoms with E-state index < -0.39 is 5.91 Å². The number of rotatable bonds is 4. The summed E-state index contributed by atoms with van der Waals surface area (Å²) in [5.41, 5.74) is 6.72. The molecule has 0 saturated heterocycles. The molecule has 0 unspecified atom stereocenters. The molecule has 0 aliphatic heterocycles. The summed E-state index contributed by atoms with van der Waals surface area (Å²) in [5, 5.41) is 0. The van der Waals surface area contributed by atoms with Gasteiger partial charge < -0.3 is 5.73 Å². The van der Waals surface area contributed by atoms with E-state index in [4.69, 9.17) is 5.73 Å². The summed E-state index contributed by atoms with van der Waals surface area (Å²) in [4.78, 5) is 26.8. The average Bonchev–Trinajstić information content (AvgIpc) is 2.46. The summed E-state index contributed by atoms with van der Waals surface area (Å²) in [6.45, 7) is 0. The minimum Gasteiger partial charge on any atom is -0.366 e. The van der Waals surface area contributed by atoms with Gasteiger partial charge in [-0.25, -0.2) is 0 Å². The van der Waals surface area contributed by atoms with Gasteiger partial charge in [-0.3, -0.25) is 14.6 Å². The van der Waals surface area contributed by atoms with E-state index in [-0.39, 0.29) is 5.78 Å². The zero-order valence-electron chi connectivity index (χ0n) is 10.1. The number of nitrogens with two attached hydrogens (primary N) is 1. The fourth-order valence-electron chi connectivity index (χ4n) is 1.56. The summed E-state index contributed by atoms with van der Waals surface area (Å²) in [6.07, 6.45) is 4.61. The molecule has 4 nitrogen and oxygen atoms in total. The fraction of sp³-hybridized carbons (Fsp3) is 0. The van der Waals surface area contributed by atoms with E-state index in [1.165, 1.54) is 6.08 Å². The quantitative estimate of drug-likeness (QED) is 0.668. The maximum atomic E-state index is 11.8. The highest BCUT2D eigenvalue weighted by Gasteiger charge is 2.02. The SMILES string of the molecule is NC(=O)c1cccc(C=CC(=O)c2ccccn2)c1. The van der Waals surface area contributed by atoms with Crippen molar-refractivity contribution in [1.29, 1.82) is 0 Å². The van der Waals surface area contributed by atoms with Crippen LogP contribution in [0.2, 0.25) is 0 Å². The molecule has 0 aliphatic rings. The molecule has 2 N–H and O–H groups in total. The molecule has 0 saturated carbocycles. The van der Waals surface area contributed by atoms with Crippen LogP contribution < -0.4 is 5.73 Å². The van der Waals surface area contributed by atoms with Crippen molar-refractivity contribution in [3.05, 3.63) is 71.6 Å². The first-order valence-corrected chi connectivity index (χ1v) is 5.70. The van der Waals surface area contributed by atoms with Gasteiger partial charge in [-0.2, -0.15) is 0 Å². The number of pyridine rings is 1. The van der Waals surface area contributed by atoms with Crippen molar-refractivity contribution in [2.75, 3.05) is 0 Å². The first-order chi connectivity index (χ1) is 9.16. The van der Waals surface area contributed by atoms with E-state index in [2.05, 4.69) is 4.98 Å². The van der Waals surface area contributed by atoms with Crippen molar-refractivity contribution in [2.24, 2.45) is 5.73 Å². The third-order valence-electron chi connectivity index (χ3n) is 2.52. The lowest BCUT2D eigenvalue weighted by atomic mass is 10.1. The second kappa shape index (κ2) is 5.73. The molecule has 0 radical (unpaired) electrons. The molecule has 1 heterocycles. The summed E-state index contributed by atoms with van der Waals surface area (Å²) in [6, 6.07) is 11.9. The molecule has 0 fully saturated rings. The van der Waals surface area contributed by atoms with E-state index in [0.29, 0.717) is 11.3 Å². The minimum atomic E-state index is -0.494. The Morgan fingerprint density at radius 3 is 2.63 bits per heavy atom. The van der Waals surface area contributed by atoms with Gasteiger partial charge in [0.25, 0.3) is 0 Å². The monoisotopic (exact) mass is 252 g/mol. The Morgan fingerprint density at radius 2 is 1.95 bits per heavy atom. The van der Waals surface area contributed by atoms with Crippen LogP contribution in [0.3, 0.4) is 0 Å². The Labute approximate surface area is 110 Å². The van der Waals surface area contributed by atoms with Crippen LogP contribution in [-0.4, -0.2) is 16.7 Å². The predicted molar refractivity (Wildman–Crippen MR) is 72.6 cm³/mol. The van der Waals surface area contributed by atoms with Crippen molar-refractivity contribution in [3.63, 3.8) is 0 Å². The first-order valence-electron chi connectivity index (χ1n) is 5.70. The molecular formula is C15H12N2O2. The lowest BCUT2D eigenvalue weighted by Gasteiger charge is -1.97. The van der Waals surface area contributed by atoms with Crippen LogP contribution in [0.15, 0.2) is 54.7 Å². The zero-order chi connectivity index (χ0) is 13.7. The number of carbonyl (C=O) groups is 2. The van der Waals surface area contributed by atoms with E-state index in [9.17, 15) is 9.59 Å². The molecule has 19 heavy (non-hydrogen) atoms. The van der Waals surface area contributed by atoms with E-state index >= 15 is 0 Å². The number of carbonyl (C=O) groups excluding carboxylic acids is 2. The van der Waals surface area contributed by atoms with Gasteiger partial charge in [0.05, 0.1) is 0 Å². The molecule has 1 amide bonds.